The molecule has 1 aromatic carbocycles. The molecule has 0 radical (unpaired) electrons. The van der Waals surface area contributed by atoms with Gasteiger partial charge in [-0.2, -0.15) is 0 Å². The fourth-order valence-electron chi connectivity index (χ4n) is 2.54. The predicted octanol–water partition coefficient (Wildman–Crippen LogP) is 2.80. The molecule has 0 aliphatic carbocycles. The third-order valence-electron chi connectivity index (χ3n) is 3.74. The summed E-state index contributed by atoms with van der Waals surface area (Å²) in [4.78, 5) is 19.3. The molecule has 4 nitrogen and oxygen atoms in total. The Bertz CT molecular complexity index is 679. The summed E-state index contributed by atoms with van der Waals surface area (Å²) >= 11 is 7.84. The van der Waals surface area contributed by atoms with Crippen molar-refractivity contribution in [1.82, 2.24) is 15.2 Å². The number of hydrogen-bond acceptors (Lipinski definition) is 4. The summed E-state index contributed by atoms with van der Waals surface area (Å²) in [5, 5.41) is 4.76. The van der Waals surface area contributed by atoms with E-state index in [1.54, 1.807) is 0 Å². The van der Waals surface area contributed by atoms with Crippen LogP contribution >= 0.6 is 23.4 Å². The van der Waals surface area contributed by atoms with Gasteiger partial charge in [-0.1, -0.05) is 17.7 Å². The van der Waals surface area contributed by atoms with Gasteiger partial charge in [-0.3, -0.25) is 9.78 Å². The summed E-state index contributed by atoms with van der Waals surface area (Å²) in [7, 11) is 0. The van der Waals surface area contributed by atoms with Crippen LogP contribution in [0.3, 0.4) is 0 Å². The van der Waals surface area contributed by atoms with E-state index in [0.717, 1.165) is 42.8 Å². The number of pyridine rings is 1. The molecule has 1 aliphatic heterocycles. The molecule has 22 heavy (non-hydrogen) atoms. The number of fused-ring (bicyclic) bond motifs is 1. The van der Waals surface area contributed by atoms with Crippen molar-refractivity contribution in [2.75, 3.05) is 31.9 Å². The van der Waals surface area contributed by atoms with Crippen molar-refractivity contribution in [1.29, 1.82) is 0 Å². The van der Waals surface area contributed by atoms with Crippen molar-refractivity contribution in [3.8, 4) is 0 Å². The van der Waals surface area contributed by atoms with Gasteiger partial charge in [-0.25, -0.2) is 0 Å². The van der Waals surface area contributed by atoms with Crippen LogP contribution in [0.4, 0.5) is 0 Å². The largest absolute Gasteiger partial charge is 0.355 e. The summed E-state index contributed by atoms with van der Waals surface area (Å²) in [6.07, 6.45) is 2.43. The Kier molecular flexibility index (Phi) is 5.18. The molecule has 0 atom stereocenters. The van der Waals surface area contributed by atoms with Crippen molar-refractivity contribution in [2.45, 2.75) is 11.3 Å². The molecule has 1 amide bonds. The zero-order valence-electron chi connectivity index (χ0n) is 12.2. The van der Waals surface area contributed by atoms with E-state index in [0.29, 0.717) is 11.4 Å². The molecule has 2 aromatic rings. The smallest absolute Gasteiger partial charge is 0.221 e. The predicted molar refractivity (Wildman–Crippen MR) is 91.5 cm³/mol. The Morgan fingerprint density at radius 1 is 1.32 bits per heavy atom. The number of nitrogens with one attached hydrogen (secondary N) is 1. The standard InChI is InChI=1S/C16H18ClN3OS/c17-12-1-2-13-14(11-12)18-5-3-15(13)22-10-9-20-7-4-16(21)19-6-8-20/h1-3,5,11H,4,6-10H2,(H,19,21). The zero-order chi connectivity index (χ0) is 15.4. The van der Waals surface area contributed by atoms with Gasteiger partial charge >= 0.3 is 0 Å². The molecule has 1 aliphatic rings. The minimum atomic E-state index is 0.159. The van der Waals surface area contributed by atoms with E-state index in [9.17, 15) is 4.79 Å². The van der Waals surface area contributed by atoms with Gasteiger partial charge in [0, 0.05) is 59.9 Å². The van der Waals surface area contributed by atoms with Crippen molar-refractivity contribution in [3.05, 3.63) is 35.5 Å². The minimum Gasteiger partial charge on any atom is -0.355 e. The molecular weight excluding hydrogens is 318 g/mol. The van der Waals surface area contributed by atoms with Crippen molar-refractivity contribution in [2.24, 2.45) is 0 Å². The van der Waals surface area contributed by atoms with Gasteiger partial charge in [-0.15, -0.1) is 11.8 Å². The number of rotatable bonds is 4. The Hall–Kier alpha value is -1.30. The average molecular weight is 336 g/mol. The van der Waals surface area contributed by atoms with Crippen LogP contribution in [0.1, 0.15) is 6.42 Å². The lowest BCUT2D eigenvalue weighted by Crippen LogP contribution is -2.30. The fraction of sp³-hybridized carbons (Fsp3) is 0.375. The first kappa shape index (κ1) is 15.6. The second-order valence-corrected chi connectivity index (χ2v) is 6.83. The fourth-order valence-corrected chi connectivity index (χ4v) is 3.76. The Morgan fingerprint density at radius 3 is 3.14 bits per heavy atom. The number of carbonyl (C=O) groups excluding carboxylic acids is 1. The zero-order valence-corrected chi connectivity index (χ0v) is 13.8. The molecule has 2 heterocycles. The Morgan fingerprint density at radius 2 is 2.23 bits per heavy atom. The Labute approximate surface area is 139 Å². The summed E-state index contributed by atoms with van der Waals surface area (Å²) in [6, 6.07) is 7.88. The van der Waals surface area contributed by atoms with Crippen LogP contribution in [-0.2, 0) is 4.79 Å². The maximum Gasteiger partial charge on any atom is 0.221 e. The molecule has 1 saturated heterocycles. The summed E-state index contributed by atoms with van der Waals surface area (Å²) < 4.78 is 0. The van der Waals surface area contributed by atoms with Gasteiger partial charge in [0.15, 0.2) is 0 Å². The van der Waals surface area contributed by atoms with Crippen LogP contribution in [0.25, 0.3) is 10.9 Å². The van der Waals surface area contributed by atoms with Gasteiger partial charge in [0.05, 0.1) is 5.52 Å². The lowest BCUT2D eigenvalue weighted by molar-refractivity contribution is -0.120. The van der Waals surface area contributed by atoms with Crippen molar-refractivity contribution in [3.63, 3.8) is 0 Å². The van der Waals surface area contributed by atoms with E-state index in [-0.39, 0.29) is 5.91 Å². The lowest BCUT2D eigenvalue weighted by Gasteiger charge is -2.18. The SMILES string of the molecule is O=C1CCN(CCSc2ccnc3cc(Cl)ccc23)CCN1. The third kappa shape index (κ3) is 3.91. The molecule has 6 heteroatoms. The molecule has 0 saturated carbocycles. The molecular formula is C16H18ClN3OS. The second kappa shape index (κ2) is 7.31. The van der Waals surface area contributed by atoms with Gasteiger partial charge < -0.3 is 10.2 Å². The normalized spacial score (nSPS) is 16.5. The first-order valence-corrected chi connectivity index (χ1v) is 8.75. The molecule has 0 bridgehead atoms. The van der Waals surface area contributed by atoms with Crippen LogP contribution < -0.4 is 5.32 Å². The molecule has 0 unspecified atom stereocenters. The number of hydrogen-bond donors (Lipinski definition) is 1. The number of nitrogens with zero attached hydrogens (tertiary/aromatic N) is 2. The van der Waals surface area contributed by atoms with Crippen LogP contribution in [0, 0.1) is 0 Å². The number of amides is 1. The number of halogens is 1. The highest BCUT2D eigenvalue weighted by Crippen LogP contribution is 2.28. The molecule has 116 valence electrons. The van der Waals surface area contributed by atoms with Gasteiger partial charge in [0.25, 0.3) is 0 Å². The molecule has 1 aromatic heterocycles. The highest BCUT2D eigenvalue weighted by molar-refractivity contribution is 7.99. The summed E-state index contributed by atoms with van der Waals surface area (Å²) in [5.41, 5.74) is 0.932. The van der Waals surface area contributed by atoms with Crippen LogP contribution in [-0.4, -0.2) is 47.7 Å². The van der Waals surface area contributed by atoms with Crippen LogP contribution in [0.2, 0.25) is 5.02 Å². The van der Waals surface area contributed by atoms with E-state index in [1.165, 1.54) is 4.90 Å². The summed E-state index contributed by atoms with van der Waals surface area (Å²) in [6.45, 7) is 3.51. The minimum absolute atomic E-state index is 0.159. The number of aromatic nitrogens is 1. The van der Waals surface area contributed by atoms with E-state index in [2.05, 4.69) is 21.3 Å². The van der Waals surface area contributed by atoms with Gasteiger partial charge in [-0.05, 0) is 18.2 Å². The lowest BCUT2D eigenvalue weighted by atomic mass is 10.2. The quantitative estimate of drug-likeness (QED) is 0.873. The number of thioether (sulfide) groups is 1. The third-order valence-corrected chi connectivity index (χ3v) is 5.02. The average Bonchev–Trinajstić information content (AvgIpc) is 2.72. The van der Waals surface area contributed by atoms with Gasteiger partial charge in [0.1, 0.15) is 0 Å². The van der Waals surface area contributed by atoms with E-state index in [1.807, 2.05) is 36.2 Å². The van der Waals surface area contributed by atoms with Crippen LogP contribution in [0.5, 0.6) is 0 Å². The number of benzene rings is 1. The highest BCUT2D eigenvalue weighted by atomic mass is 35.5. The van der Waals surface area contributed by atoms with Crippen molar-refractivity contribution < 1.29 is 4.79 Å². The summed E-state index contributed by atoms with van der Waals surface area (Å²) in [5.74, 6) is 1.16. The maximum absolute atomic E-state index is 11.3. The van der Waals surface area contributed by atoms with Crippen molar-refractivity contribution >= 4 is 40.2 Å². The van der Waals surface area contributed by atoms with E-state index in [4.69, 9.17) is 11.6 Å². The number of carbonyl (C=O) groups is 1. The topological polar surface area (TPSA) is 45.2 Å². The second-order valence-electron chi connectivity index (χ2n) is 5.26. The molecule has 1 N–H and O–H groups in total. The van der Waals surface area contributed by atoms with E-state index < -0.39 is 0 Å². The highest BCUT2D eigenvalue weighted by Gasteiger charge is 2.13. The first-order chi connectivity index (χ1) is 10.7. The molecule has 3 rings (SSSR count). The van der Waals surface area contributed by atoms with Gasteiger partial charge in [0.2, 0.25) is 5.91 Å². The molecule has 1 fully saturated rings. The Balaban J connectivity index is 1.61. The monoisotopic (exact) mass is 335 g/mol. The van der Waals surface area contributed by atoms with Crippen LogP contribution in [0.15, 0.2) is 35.4 Å². The first-order valence-electron chi connectivity index (χ1n) is 7.38. The molecule has 0 spiro atoms. The maximum atomic E-state index is 11.3. The van der Waals surface area contributed by atoms with E-state index >= 15 is 0 Å².